The van der Waals surface area contributed by atoms with Crippen LogP contribution in [0.5, 0.6) is 17.2 Å². The number of rotatable bonds is 5. The molecule has 0 aliphatic carbocycles. The number of aromatic nitrogens is 1. The smallest absolute Gasteiger partial charge is 0.270 e. The topological polar surface area (TPSA) is 97.9 Å². The van der Waals surface area contributed by atoms with Crippen molar-refractivity contribution in [1.82, 2.24) is 9.88 Å². The van der Waals surface area contributed by atoms with Crippen molar-refractivity contribution in [2.75, 3.05) is 39.9 Å². The summed E-state index contributed by atoms with van der Waals surface area (Å²) in [4.78, 5) is 17.4. The lowest BCUT2D eigenvalue weighted by Crippen LogP contribution is -2.37. The number of ether oxygens (including phenoxy) is 3. The summed E-state index contributed by atoms with van der Waals surface area (Å²) >= 11 is 0. The fraction of sp³-hybridized carbons (Fsp3) is 0.471. The van der Waals surface area contributed by atoms with Gasteiger partial charge in [-0.15, -0.1) is 0 Å². The van der Waals surface area contributed by atoms with E-state index in [2.05, 4.69) is 4.98 Å². The Balaban J connectivity index is 1.99. The fourth-order valence-corrected chi connectivity index (χ4v) is 5.08. The summed E-state index contributed by atoms with van der Waals surface area (Å²) in [5.74, 6) is 1.22. The molecule has 3 rings (SSSR count). The molecule has 9 heteroatoms. The molecule has 2 aromatic rings. The maximum absolute atomic E-state index is 12.8. The highest BCUT2D eigenvalue weighted by atomic mass is 32.2. The standard InChI is InChI=1S/C17H22N2O6S/c1-19(10-5-6-26(21,22)9-10)17(20)13-7-11-12(18-13)8-14(23-2)16(25-4)15(11)24-3/h7-8,10,18H,5-6,9H2,1-4H3/t10-/m1/s1. The van der Waals surface area contributed by atoms with E-state index in [1.807, 2.05) is 0 Å². The van der Waals surface area contributed by atoms with Crippen LogP contribution in [0.1, 0.15) is 16.9 Å². The van der Waals surface area contributed by atoms with Crippen LogP contribution in [0.4, 0.5) is 0 Å². The van der Waals surface area contributed by atoms with Gasteiger partial charge in [-0.3, -0.25) is 4.79 Å². The molecular formula is C17H22N2O6S. The number of benzene rings is 1. The number of H-pyrrole nitrogens is 1. The van der Waals surface area contributed by atoms with Crippen molar-refractivity contribution in [3.63, 3.8) is 0 Å². The molecule has 1 saturated heterocycles. The van der Waals surface area contributed by atoms with Gasteiger partial charge in [0.1, 0.15) is 5.69 Å². The van der Waals surface area contributed by atoms with E-state index in [4.69, 9.17) is 14.2 Å². The molecule has 1 aromatic heterocycles. The van der Waals surface area contributed by atoms with E-state index >= 15 is 0 Å². The number of fused-ring (bicyclic) bond motifs is 1. The van der Waals surface area contributed by atoms with Crippen LogP contribution in [-0.4, -0.2) is 70.1 Å². The SMILES string of the molecule is COc1cc2[nH]c(C(=O)N(C)[C@@H]3CCS(=O)(=O)C3)cc2c(OC)c1OC. The Hall–Kier alpha value is -2.42. The number of carbonyl (C=O) groups excluding carboxylic acids is 1. The van der Waals surface area contributed by atoms with Crippen LogP contribution in [0.2, 0.25) is 0 Å². The fourth-order valence-electron chi connectivity index (χ4n) is 3.30. The maximum atomic E-state index is 12.8. The van der Waals surface area contributed by atoms with Crippen LogP contribution in [0.25, 0.3) is 10.9 Å². The van der Waals surface area contributed by atoms with E-state index in [0.29, 0.717) is 40.3 Å². The summed E-state index contributed by atoms with van der Waals surface area (Å²) in [6.07, 6.45) is 0.454. The van der Waals surface area contributed by atoms with Crippen molar-refractivity contribution in [2.24, 2.45) is 0 Å². The van der Waals surface area contributed by atoms with Gasteiger partial charge >= 0.3 is 0 Å². The highest BCUT2D eigenvalue weighted by Crippen LogP contribution is 2.43. The molecule has 1 fully saturated rings. The third kappa shape index (κ3) is 3.07. The van der Waals surface area contributed by atoms with Gasteiger partial charge in [0.25, 0.3) is 5.91 Å². The largest absolute Gasteiger partial charge is 0.493 e. The Morgan fingerprint density at radius 3 is 2.38 bits per heavy atom. The number of hydrogen-bond acceptors (Lipinski definition) is 6. The van der Waals surface area contributed by atoms with Crippen LogP contribution >= 0.6 is 0 Å². The number of hydrogen-bond donors (Lipinski definition) is 1. The molecule has 0 bridgehead atoms. The van der Waals surface area contributed by atoms with Crippen molar-refractivity contribution in [3.8, 4) is 17.2 Å². The molecule has 1 N–H and O–H groups in total. The molecule has 1 aromatic carbocycles. The van der Waals surface area contributed by atoms with Crippen LogP contribution in [0.15, 0.2) is 12.1 Å². The Morgan fingerprint density at radius 1 is 1.15 bits per heavy atom. The Morgan fingerprint density at radius 2 is 1.85 bits per heavy atom. The molecule has 1 amide bonds. The monoisotopic (exact) mass is 382 g/mol. The third-order valence-electron chi connectivity index (χ3n) is 4.73. The van der Waals surface area contributed by atoms with Crippen LogP contribution < -0.4 is 14.2 Å². The van der Waals surface area contributed by atoms with Gasteiger partial charge < -0.3 is 24.1 Å². The first-order chi connectivity index (χ1) is 12.3. The highest BCUT2D eigenvalue weighted by Gasteiger charge is 2.33. The lowest BCUT2D eigenvalue weighted by Gasteiger charge is -2.22. The zero-order chi connectivity index (χ0) is 19.1. The zero-order valence-corrected chi connectivity index (χ0v) is 16.0. The van der Waals surface area contributed by atoms with Crippen molar-refractivity contribution in [3.05, 3.63) is 17.8 Å². The molecule has 1 atom stereocenters. The third-order valence-corrected chi connectivity index (χ3v) is 6.48. The van der Waals surface area contributed by atoms with Gasteiger partial charge in [-0.05, 0) is 12.5 Å². The molecule has 26 heavy (non-hydrogen) atoms. The maximum Gasteiger partial charge on any atom is 0.270 e. The average Bonchev–Trinajstić information content (AvgIpc) is 3.21. The molecule has 142 valence electrons. The van der Waals surface area contributed by atoms with Crippen molar-refractivity contribution in [2.45, 2.75) is 12.5 Å². The lowest BCUT2D eigenvalue weighted by molar-refractivity contribution is 0.0743. The first-order valence-electron chi connectivity index (χ1n) is 8.10. The van der Waals surface area contributed by atoms with E-state index in [1.165, 1.54) is 26.2 Å². The van der Waals surface area contributed by atoms with E-state index in [0.717, 1.165) is 0 Å². The van der Waals surface area contributed by atoms with E-state index in [-0.39, 0.29) is 23.5 Å². The van der Waals surface area contributed by atoms with Crippen molar-refractivity contribution < 1.29 is 27.4 Å². The summed E-state index contributed by atoms with van der Waals surface area (Å²) in [6.45, 7) is 0. The predicted octanol–water partition coefficient (Wildman–Crippen LogP) is 1.45. The number of amides is 1. The zero-order valence-electron chi connectivity index (χ0n) is 15.2. The van der Waals surface area contributed by atoms with Gasteiger partial charge in [0, 0.05) is 24.5 Å². The predicted molar refractivity (Wildman–Crippen MR) is 97.1 cm³/mol. The second kappa shape index (κ2) is 6.71. The summed E-state index contributed by atoms with van der Waals surface area (Å²) in [6, 6.07) is 3.09. The van der Waals surface area contributed by atoms with E-state index < -0.39 is 9.84 Å². The lowest BCUT2D eigenvalue weighted by atomic mass is 10.2. The first kappa shape index (κ1) is 18.4. The number of methoxy groups -OCH3 is 3. The van der Waals surface area contributed by atoms with Gasteiger partial charge in [-0.1, -0.05) is 0 Å². The Labute approximate surface area is 151 Å². The van der Waals surface area contributed by atoms with Gasteiger partial charge in [0.2, 0.25) is 5.75 Å². The number of aromatic amines is 1. The number of sulfone groups is 1. The number of carbonyl (C=O) groups is 1. The minimum Gasteiger partial charge on any atom is -0.493 e. The average molecular weight is 382 g/mol. The summed E-state index contributed by atoms with van der Waals surface area (Å²) in [7, 11) is 3.10. The highest BCUT2D eigenvalue weighted by molar-refractivity contribution is 7.91. The molecule has 1 aliphatic heterocycles. The molecule has 0 unspecified atom stereocenters. The second-order valence-electron chi connectivity index (χ2n) is 6.26. The molecule has 8 nitrogen and oxygen atoms in total. The van der Waals surface area contributed by atoms with E-state index in [1.54, 1.807) is 19.2 Å². The summed E-state index contributed by atoms with van der Waals surface area (Å²) in [5, 5.41) is 0.681. The molecular weight excluding hydrogens is 360 g/mol. The van der Waals surface area contributed by atoms with Gasteiger partial charge in [0.15, 0.2) is 21.3 Å². The molecule has 0 spiro atoms. The van der Waals surface area contributed by atoms with Gasteiger partial charge in [0.05, 0.1) is 38.4 Å². The van der Waals surface area contributed by atoms with Crippen LogP contribution in [0, 0.1) is 0 Å². The summed E-state index contributed by atoms with van der Waals surface area (Å²) in [5.41, 5.74) is 1.01. The first-order valence-corrected chi connectivity index (χ1v) is 9.92. The Kier molecular flexibility index (Phi) is 4.74. The number of nitrogens with one attached hydrogen (secondary N) is 1. The molecule has 2 heterocycles. The van der Waals surface area contributed by atoms with Gasteiger partial charge in [-0.25, -0.2) is 8.42 Å². The number of nitrogens with zero attached hydrogens (tertiary/aromatic N) is 1. The quantitative estimate of drug-likeness (QED) is 0.841. The molecule has 0 saturated carbocycles. The van der Waals surface area contributed by atoms with Crippen LogP contribution in [0.3, 0.4) is 0 Å². The van der Waals surface area contributed by atoms with Crippen molar-refractivity contribution in [1.29, 1.82) is 0 Å². The molecule has 1 aliphatic rings. The van der Waals surface area contributed by atoms with Gasteiger partial charge in [-0.2, -0.15) is 0 Å². The minimum absolute atomic E-state index is 0.000432. The minimum atomic E-state index is -3.07. The molecule has 0 radical (unpaired) electrons. The van der Waals surface area contributed by atoms with E-state index in [9.17, 15) is 13.2 Å². The Bertz CT molecular complexity index is 950. The van der Waals surface area contributed by atoms with Crippen LogP contribution in [-0.2, 0) is 9.84 Å². The van der Waals surface area contributed by atoms with Crippen molar-refractivity contribution >= 4 is 26.6 Å². The normalized spacial score (nSPS) is 18.7. The summed E-state index contributed by atoms with van der Waals surface area (Å²) < 4.78 is 39.5. The second-order valence-corrected chi connectivity index (χ2v) is 8.49.